The molecule has 0 saturated carbocycles. The third-order valence-corrected chi connectivity index (χ3v) is 12.3. The number of esters is 1. The van der Waals surface area contributed by atoms with Crippen LogP contribution in [0.25, 0.3) is 12.2 Å². The molecule has 4 aromatic carbocycles. The number of methoxy groups -OCH3 is 2. The summed E-state index contributed by atoms with van der Waals surface area (Å²) in [5.74, 6) is -0.838. The maximum Gasteiger partial charge on any atom is 0.338 e. The second-order valence-corrected chi connectivity index (χ2v) is 17.2. The highest BCUT2D eigenvalue weighted by atomic mass is 79.9. The van der Waals surface area contributed by atoms with Crippen LogP contribution in [-0.4, -0.2) is 152 Å². The van der Waals surface area contributed by atoms with Crippen molar-refractivity contribution in [2.75, 3.05) is 51.3 Å². The molecular weight excluding hydrogens is 1050 g/mol. The van der Waals surface area contributed by atoms with Crippen LogP contribution in [0.1, 0.15) is 11.1 Å². The number of carbonyl (C=O) groups is 4. The summed E-state index contributed by atoms with van der Waals surface area (Å²) < 4.78 is 27.6. The Kier molecular flexibility index (Phi) is 21.8. The molecule has 69 heavy (non-hydrogen) atoms. The fourth-order valence-corrected chi connectivity index (χ4v) is 7.84. The van der Waals surface area contributed by atoms with Crippen LogP contribution in [0, 0.1) is 0 Å². The van der Waals surface area contributed by atoms with Crippen molar-refractivity contribution in [3.63, 3.8) is 0 Å². The van der Waals surface area contributed by atoms with E-state index < -0.39 is 78.7 Å². The second kappa shape index (κ2) is 26.7. The molecule has 7 rings (SSSR count). The summed E-state index contributed by atoms with van der Waals surface area (Å²) in [6.07, 6.45) is -4.89. The first-order valence-corrected chi connectivity index (χ1v) is 22.6. The summed E-state index contributed by atoms with van der Waals surface area (Å²) in [6, 6.07) is 27.5. The minimum Gasteiger partial charge on any atom is -0.489 e. The van der Waals surface area contributed by atoms with Crippen molar-refractivity contribution in [2.45, 2.75) is 60.9 Å². The molecule has 3 aliphatic heterocycles. The highest BCUT2D eigenvalue weighted by molar-refractivity contribution is 9.10. The number of hydrogen-bond acceptors (Lipinski definition) is 15. The third-order valence-electron chi connectivity index (χ3n) is 10.9. The molecule has 8 N–H and O–H groups in total. The van der Waals surface area contributed by atoms with Crippen LogP contribution in [0.3, 0.4) is 0 Å². The number of hydrogen-bond donors (Lipinski definition) is 7. The number of rotatable bonds is 12. The maximum atomic E-state index is 12.8. The van der Waals surface area contributed by atoms with Gasteiger partial charge in [0.05, 0.1) is 11.4 Å². The summed E-state index contributed by atoms with van der Waals surface area (Å²) in [7, 11) is 5.75. The van der Waals surface area contributed by atoms with E-state index in [-0.39, 0.29) is 31.5 Å². The molecule has 3 aliphatic rings. The molecule has 18 nitrogen and oxygen atoms in total. The first-order valence-electron chi connectivity index (χ1n) is 21.1. The number of halogens is 3. The third kappa shape index (κ3) is 14.4. The Balaban J connectivity index is 0.000000249. The highest BCUT2D eigenvalue weighted by Crippen LogP contribution is 2.31. The Hall–Kier alpha value is -5.23. The summed E-state index contributed by atoms with van der Waals surface area (Å²) >= 11 is 6.76. The lowest BCUT2D eigenvalue weighted by atomic mass is 10.0. The Morgan fingerprint density at radius 2 is 1.25 bits per heavy atom. The zero-order valence-corrected chi connectivity index (χ0v) is 41.8. The van der Waals surface area contributed by atoms with Crippen LogP contribution in [0.2, 0.25) is 0 Å². The van der Waals surface area contributed by atoms with Gasteiger partial charge in [-0.3, -0.25) is 14.4 Å². The predicted octanol–water partition coefficient (Wildman–Crippen LogP) is 3.02. The van der Waals surface area contributed by atoms with Crippen molar-refractivity contribution in [3.8, 4) is 11.5 Å². The molecule has 1 fully saturated rings. The van der Waals surface area contributed by atoms with Gasteiger partial charge in [0.1, 0.15) is 67.3 Å². The fourth-order valence-electron chi connectivity index (χ4n) is 7.01. The van der Waals surface area contributed by atoms with Crippen LogP contribution in [0.4, 0.5) is 11.4 Å². The summed E-state index contributed by atoms with van der Waals surface area (Å²) in [5.41, 5.74) is 8.58. The Labute approximate surface area is 421 Å². The average Bonchev–Trinajstić information content (AvgIpc) is 3.52. The van der Waals surface area contributed by atoms with Crippen molar-refractivity contribution < 1.29 is 68.4 Å². The zero-order chi connectivity index (χ0) is 49.7. The molecule has 3 amide bonds. The van der Waals surface area contributed by atoms with Gasteiger partial charge in [0.15, 0.2) is 18.3 Å². The van der Waals surface area contributed by atoms with E-state index in [0.717, 1.165) is 25.8 Å². The van der Waals surface area contributed by atoms with Gasteiger partial charge in [0.2, 0.25) is 5.91 Å². The monoisotopic (exact) mass is 1100 g/mol. The number of carbonyl (C=O) groups excluding carboxylic acids is 4. The minimum atomic E-state index is -1.78. The van der Waals surface area contributed by atoms with Crippen LogP contribution in [0.5, 0.6) is 11.5 Å². The number of para-hydroxylation sites is 4. The summed E-state index contributed by atoms with van der Waals surface area (Å²) in [6.45, 7) is 0.110. The van der Waals surface area contributed by atoms with Gasteiger partial charge < -0.3 is 70.1 Å². The molecule has 3 heterocycles. The Morgan fingerprint density at radius 3 is 1.77 bits per heavy atom. The second-order valence-electron chi connectivity index (χ2n) is 15.4. The number of likely N-dealkylation sites (N-methyl/N-ethyl adjacent to an activating group) is 2. The normalized spacial score (nSPS) is 22.0. The number of fused-ring (bicyclic) bond motifs is 2. The number of cyclic esters (lactones) is 1. The molecule has 0 radical (unpaired) electrons. The lowest BCUT2D eigenvalue weighted by Crippen LogP contribution is -2.56. The summed E-state index contributed by atoms with van der Waals surface area (Å²) in [5, 5.41) is 53.7. The van der Waals surface area contributed by atoms with E-state index in [1.165, 1.54) is 36.2 Å². The van der Waals surface area contributed by atoms with Crippen LogP contribution < -0.4 is 30.3 Å². The van der Waals surface area contributed by atoms with Crippen molar-refractivity contribution in [3.05, 3.63) is 129 Å². The molecule has 0 aliphatic carbocycles. The molecule has 0 spiro atoms. The van der Waals surface area contributed by atoms with Crippen LogP contribution in [-0.2, 0) is 33.4 Å². The van der Waals surface area contributed by atoms with E-state index in [1.54, 1.807) is 56.6 Å². The van der Waals surface area contributed by atoms with Gasteiger partial charge in [0, 0.05) is 37.3 Å². The van der Waals surface area contributed by atoms with Gasteiger partial charge in [-0.25, -0.2) is 4.79 Å². The van der Waals surface area contributed by atoms with E-state index >= 15 is 0 Å². The molecule has 21 heteroatoms. The van der Waals surface area contributed by atoms with E-state index in [9.17, 15) is 44.7 Å². The van der Waals surface area contributed by atoms with Gasteiger partial charge >= 0.3 is 5.97 Å². The number of anilines is 2. The number of nitrogens with two attached hydrogens (primary N) is 1. The van der Waals surface area contributed by atoms with Crippen molar-refractivity contribution >= 4 is 91.5 Å². The Morgan fingerprint density at radius 1 is 0.754 bits per heavy atom. The SMILES string of the molecule is CN1C(=O)[C@@H](N)COc2ccccc21.CO[C@@H](C(=O)N[C@H]1COc2ccccc2N(C)C1=O)[C@H](O)[C@@H](O)[C@H](O)/C=C/c1ccccc1Br.CO[C@H]1C(=O)O[C@@H]([C@H](O)/C=C/c2ccccc2Br)[C@H]1O.Cl. The summed E-state index contributed by atoms with van der Waals surface area (Å²) in [4.78, 5) is 51.6. The molecule has 10 atom stereocenters. The predicted molar refractivity (Wildman–Crippen MR) is 266 cm³/mol. The smallest absolute Gasteiger partial charge is 0.338 e. The number of benzene rings is 4. The number of nitrogens with zero attached hydrogens (tertiary/aromatic N) is 2. The van der Waals surface area contributed by atoms with E-state index in [2.05, 4.69) is 37.2 Å². The molecule has 1 saturated heterocycles. The average molecular weight is 1110 g/mol. The van der Waals surface area contributed by atoms with Crippen LogP contribution in [0.15, 0.2) is 118 Å². The highest BCUT2D eigenvalue weighted by Gasteiger charge is 2.47. The Bertz CT molecular complexity index is 2430. The molecule has 0 aromatic heterocycles. The van der Waals surface area contributed by atoms with Gasteiger partial charge in [-0.2, -0.15) is 0 Å². The van der Waals surface area contributed by atoms with Crippen molar-refractivity contribution in [1.82, 2.24) is 5.32 Å². The molecule has 4 aromatic rings. The molecule has 372 valence electrons. The number of ether oxygens (including phenoxy) is 5. The van der Waals surface area contributed by atoms with Crippen molar-refractivity contribution in [1.29, 1.82) is 0 Å². The van der Waals surface area contributed by atoms with Gasteiger partial charge in [-0.1, -0.05) is 117 Å². The first kappa shape index (κ1) is 56.4. The standard InChI is InChI=1S/C24H27BrN2O7.C14H15BrO5.C10H12N2O2.ClH/c1-27-17-9-5-6-10-19(17)34-13-16(24(27)32)26-23(31)22(33-2)21(30)20(29)18(28)12-11-14-7-3-4-8-15(14)25;1-19-13-11(17)12(20-14(13)18)10(16)7-6-8-4-2-3-5-9(8)15;1-12-8-4-2-3-5-9(8)14-6-7(11)10(12)13;/h3-12,16,18,20-22,28-30H,13H2,1-2H3,(H,26,31);2-7,10-13,16-17H,1H3;2-5,7H,6,11H2,1H3;1H/b12-11+;7-6+;;/t16-,18+,20-,21+,22+;10-,11-,12+,13-;7-;/m010./s1. The minimum absolute atomic E-state index is 0. The number of aliphatic hydroxyl groups is 5. The van der Waals surface area contributed by atoms with Crippen LogP contribution >= 0.6 is 44.3 Å². The topological polar surface area (TPSA) is 260 Å². The quantitative estimate of drug-likeness (QED) is 0.101. The lowest BCUT2D eigenvalue weighted by Gasteiger charge is -2.28. The van der Waals surface area contributed by atoms with Gasteiger partial charge in [0.25, 0.3) is 11.8 Å². The van der Waals surface area contributed by atoms with Gasteiger partial charge in [-0.05, 0) is 47.5 Å². The van der Waals surface area contributed by atoms with Crippen molar-refractivity contribution in [2.24, 2.45) is 5.73 Å². The molecular formula is C48H55Br2ClN4O14. The number of nitrogens with one attached hydrogen (secondary N) is 1. The van der Waals surface area contributed by atoms with E-state index in [4.69, 9.17) is 29.4 Å². The van der Waals surface area contributed by atoms with E-state index in [1.807, 2.05) is 66.7 Å². The fraction of sp³-hybridized carbons (Fsp3) is 0.333. The number of aliphatic hydroxyl groups excluding tert-OH is 5. The largest absolute Gasteiger partial charge is 0.489 e. The number of amides is 3. The van der Waals surface area contributed by atoms with Gasteiger partial charge in [-0.15, -0.1) is 12.4 Å². The molecule has 0 unspecified atom stereocenters. The molecule has 0 bridgehead atoms. The van der Waals surface area contributed by atoms with E-state index in [0.29, 0.717) is 17.2 Å². The zero-order valence-electron chi connectivity index (χ0n) is 37.8. The lowest BCUT2D eigenvalue weighted by molar-refractivity contribution is -0.151. The maximum absolute atomic E-state index is 12.8. The first-order chi connectivity index (χ1) is 32.5.